The molecule has 44 valence electrons. The van der Waals surface area contributed by atoms with E-state index in [1.54, 1.807) is 0 Å². The molecular weight excluding hydrogens is 234 g/mol. The van der Waals surface area contributed by atoms with Crippen LogP contribution in [0, 0.1) is 0 Å². The highest BCUT2D eigenvalue weighted by molar-refractivity contribution is 9.12. The number of aliphatic imine (C=N–C) groups is 1. The standard InChI is InChI=1S/C5H5Br2N/c6-4-1-5(7)3-8-2-4/h2-4H,1H2. The Bertz CT molecular complexity index is 139. The minimum Gasteiger partial charge on any atom is -0.267 e. The Morgan fingerprint density at radius 3 is 2.88 bits per heavy atom. The smallest absolute Gasteiger partial charge is 0.0544 e. The van der Waals surface area contributed by atoms with Crippen molar-refractivity contribution in [2.45, 2.75) is 11.2 Å². The van der Waals surface area contributed by atoms with E-state index >= 15 is 0 Å². The predicted molar refractivity (Wildman–Crippen MR) is 42.8 cm³/mol. The molecule has 0 aliphatic carbocycles. The molecule has 0 fully saturated rings. The molecule has 0 aromatic heterocycles. The first kappa shape index (κ1) is 6.49. The highest BCUT2D eigenvalue weighted by atomic mass is 79.9. The van der Waals surface area contributed by atoms with Crippen molar-refractivity contribution in [2.75, 3.05) is 0 Å². The van der Waals surface area contributed by atoms with Gasteiger partial charge in [0.15, 0.2) is 0 Å². The molecule has 1 heterocycles. The van der Waals surface area contributed by atoms with Crippen LogP contribution in [-0.4, -0.2) is 11.0 Å². The lowest BCUT2D eigenvalue weighted by atomic mass is 10.3. The van der Waals surface area contributed by atoms with E-state index in [0.717, 1.165) is 10.9 Å². The summed E-state index contributed by atoms with van der Waals surface area (Å²) in [4.78, 5) is 4.38. The lowest BCUT2D eigenvalue weighted by molar-refractivity contribution is 1.10. The van der Waals surface area contributed by atoms with Crippen LogP contribution in [0.25, 0.3) is 0 Å². The Kier molecular flexibility index (Phi) is 2.26. The maximum absolute atomic E-state index is 3.96. The SMILES string of the molecule is BrC1=CN=CC(Br)C1. The molecule has 0 radical (unpaired) electrons. The molecule has 1 aliphatic rings. The van der Waals surface area contributed by atoms with Gasteiger partial charge in [-0.2, -0.15) is 0 Å². The summed E-state index contributed by atoms with van der Waals surface area (Å²) in [5.41, 5.74) is 0. The van der Waals surface area contributed by atoms with Crippen molar-refractivity contribution in [3.63, 3.8) is 0 Å². The van der Waals surface area contributed by atoms with Gasteiger partial charge in [0.2, 0.25) is 0 Å². The third-order valence-corrected chi connectivity index (χ3v) is 1.94. The summed E-state index contributed by atoms with van der Waals surface area (Å²) in [7, 11) is 0. The molecule has 1 rings (SSSR count). The number of halogens is 2. The summed E-state index contributed by atoms with van der Waals surface area (Å²) in [5, 5.41) is 0. The van der Waals surface area contributed by atoms with Gasteiger partial charge in [-0.3, -0.25) is 4.99 Å². The van der Waals surface area contributed by atoms with Crippen molar-refractivity contribution in [1.82, 2.24) is 0 Å². The number of nitrogens with zero attached hydrogens (tertiary/aromatic N) is 1. The third-order valence-electron chi connectivity index (χ3n) is 0.852. The number of rotatable bonds is 0. The van der Waals surface area contributed by atoms with E-state index in [2.05, 4.69) is 36.9 Å². The predicted octanol–water partition coefficient (Wildman–Crippen LogP) is 2.46. The molecule has 1 atom stereocenters. The van der Waals surface area contributed by atoms with Crippen molar-refractivity contribution in [3.8, 4) is 0 Å². The monoisotopic (exact) mass is 237 g/mol. The number of allylic oxidation sites excluding steroid dienone is 1. The molecule has 0 saturated carbocycles. The maximum atomic E-state index is 3.96. The lowest BCUT2D eigenvalue weighted by Crippen LogP contribution is -2.01. The van der Waals surface area contributed by atoms with Crippen molar-refractivity contribution in [1.29, 1.82) is 0 Å². The van der Waals surface area contributed by atoms with Gasteiger partial charge >= 0.3 is 0 Å². The van der Waals surface area contributed by atoms with E-state index in [1.165, 1.54) is 0 Å². The summed E-state index contributed by atoms with van der Waals surface area (Å²) in [6, 6.07) is 0. The van der Waals surface area contributed by atoms with E-state index in [-0.39, 0.29) is 0 Å². The first-order valence-electron chi connectivity index (χ1n) is 2.31. The molecule has 1 unspecified atom stereocenters. The average molecular weight is 239 g/mol. The third kappa shape index (κ3) is 1.71. The topological polar surface area (TPSA) is 12.4 Å². The van der Waals surface area contributed by atoms with Crippen molar-refractivity contribution < 1.29 is 0 Å². The van der Waals surface area contributed by atoms with Gasteiger partial charge in [0.25, 0.3) is 0 Å². The molecule has 3 heteroatoms. The quantitative estimate of drug-likeness (QED) is 0.575. The van der Waals surface area contributed by atoms with Gasteiger partial charge in [0.1, 0.15) is 0 Å². The van der Waals surface area contributed by atoms with Crippen LogP contribution in [0.3, 0.4) is 0 Å². The largest absolute Gasteiger partial charge is 0.267 e. The minimum absolute atomic E-state index is 0.418. The van der Waals surface area contributed by atoms with Crippen LogP contribution in [0.5, 0.6) is 0 Å². The highest BCUT2D eigenvalue weighted by Crippen LogP contribution is 2.19. The van der Waals surface area contributed by atoms with Gasteiger partial charge in [0, 0.05) is 16.9 Å². The molecule has 1 nitrogen and oxygen atoms in total. The molecule has 0 aromatic carbocycles. The fourth-order valence-corrected chi connectivity index (χ4v) is 1.90. The van der Waals surface area contributed by atoms with E-state index in [4.69, 9.17) is 0 Å². The van der Waals surface area contributed by atoms with Gasteiger partial charge in [-0.1, -0.05) is 31.9 Å². The van der Waals surface area contributed by atoms with Gasteiger partial charge in [-0.05, 0) is 6.42 Å². The Morgan fingerprint density at radius 1 is 1.75 bits per heavy atom. The molecule has 0 bridgehead atoms. The first-order valence-corrected chi connectivity index (χ1v) is 4.02. The fourth-order valence-electron chi connectivity index (χ4n) is 0.509. The molecule has 0 amide bonds. The zero-order chi connectivity index (χ0) is 5.98. The average Bonchev–Trinajstić information content (AvgIpc) is 1.64. The van der Waals surface area contributed by atoms with Crippen molar-refractivity contribution >= 4 is 38.1 Å². The maximum Gasteiger partial charge on any atom is 0.0544 e. The Hall–Kier alpha value is 0.370. The van der Waals surface area contributed by atoms with Gasteiger partial charge in [-0.25, -0.2) is 0 Å². The molecular formula is C5H5Br2N. The van der Waals surface area contributed by atoms with Gasteiger partial charge in [-0.15, -0.1) is 0 Å². The van der Waals surface area contributed by atoms with E-state index < -0.39 is 0 Å². The second-order valence-corrected chi connectivity index (χ2v) is 3.79. The Labute approximate surface area is 65.1 Å². The Balaban J connectivity index is 2.59. The van der Waals surface area contributed by atoms with Crippen LogP contribution in [-0.2, 0) is 0 Å². The van der Waals surface area contributed by atoms with Crippen molar-refractivity contribution in [3.05, 3.63) is 10.7 Å². The lowest BCUT2D eigenvalue weighted by Gasteiger charge is -2.04. The molecule has 1 aliphatic heterocycles. The van der Waals surface area contributed by atoms with Gasteiger partial charge in [0.05, 0.1) is 4.83 Å². The summed E-state index contributed by atoms with van der Waals surface area (Å²) in [6.07, 6.45) is 4.71. The molecule has 8 heavy (non-hydrogen) atoms. The van der Waals surface area contributed by atoms with Crippen LogP contribution < -0.4 is 0 Å². The summed E-state index contributed by atoms with van der Waals surface area (Å²) in [6.45, 7) is 0. The molecule has 0 saturated heterocycles. The van der Waals surface area contributed by atoms with Gasteiger partial charge < -0.3 is 0 Å². The zero-order valence-corrected chi connectivity index (χ0v) is 7.31. The Morgan fingerprint density at radius 2 is 2.50 bits per heavy atom. The van der Waals surface area contributed by atoms with E-state index in [9.17, 15) is 0 Å². The second kappa shape index (κ2) is 2.78. The molecule has 0 N–H and O–H groups in total. The zero-order valence-electron chi connectivity index (χ0n) is 4.14. The summed E-state index contributed by atoms with van der Waals surface area (Å²) >= 11 is 6.75. The van der Waals surface area contributed by atoms with Crippen molar-refractivity contribution in [2.24, 2.45) is 4.99 Å². The number of alkyl halides is 1. The van der Waals surface area contributed by atoms with Crippen LogP contribution in [0.2, 0.25) is 0 Å². The fraction of sp³-hybridized carbons (Fsp3) is 0.400. The van der Waals surface area contributed by atoms with Crippen LogP contribution >= 0.6 is 31.9 Å². The summed E-state index contributed by atoms with van der Waals surface area (Å²) in [5.74, 6) is 0. The van der Waals surface area contributed by atoms with Crippen LogP contribution in [0.4, 0.5) is 0 Å². The molecule has 0 spiro atoms. The summed E-state index contributed by atoms with van der Waals surface area (Å²) < 4.78 is 1.15. The highest BCUT2D eigenvalue weighted by Gasteiger charge is 2.04. The normalized spacial score (nSPS) is 27.8. The number of hydrogen-bond acceptors (Lipinski definition) is 1. The van der Waals surface area contributed by atoms with E-state index in [1.807, 2.05) is 12.4 Å². The van der Waals surface area contributed by atoms with E-state index in [0.29, 0.717) is 4.83 Å². The van der Waals surface area contributed by atoms with Crippen LogP contribution in [0.1, 0.15) is 6.42 Å². The first-order chi connectivity index (χ1) is 3.79. The molecule has 0 aromatic rings. The van der Waals surface area contributed by atoms with Crippen LogP contribution in [0.15, 0.2) is 15.7 Å². The minimum atomic E-state index is 0.418. The second-order valence-electron chi connectivity index (χ2n) is 1.59. The number of hydrogen-bond donors (Lipinski definition) is 0.